The number of rotatable bonds is 2. The van der Waals surface area contributed by atoms with Crippen LogP contribution in [-0.2, 0) is 18.4 Å². The summed E-state index contributed by atoms with van der Waals surface area (Å²) in [5, 5.41) is 13.4. The second-order valence-corrected chi connectivity index (χ2v) is 4.89. The first-order valence-electron chi connectivity index (χ1n) is 5.53. The van der Waals surface area contributed by atoms with E-state index in [2.05, 4.69) is 18.9 Å². The molecular weight excluding hydrogens is 190 g/mol. The van der Waals surface area contributed by atoms with Gasteiger partial charge in [0.2, 0.25) is 0 Å². The van der Waals surface area contributed by atoms with Gasteiger partial charge in [-0.05, 0) is 24.7 Å². The highest BCUT2D eigenvalue weighted by atomic mass is 16.3. The molecule has 1 aromatic rings. The molecule has 15 heavy (non-hydrogen) atoms. The summed E-state index contributed by atoms with van der Waals surface area (Å²) >= 11 is 0. The van der Waals surface area contributed by atoms with Gasteiger partial charge in [-0.3, -0.25) is 0 Å². The molecule has 0 aromatic carbocycles. The average molecular weight is 209 g/mol. The highest BCUT2D eigenvalue weighted by Crippen LogP contribution is 2.39. The average Bonchev–Trinajstić information content (AvgIpc) is 2.45. The van der Waals surface area contributed by atoms with Gasteiger partial charge in [-0.25, -0.2) is 4.68 Å². The molecule has 3 N–H and O–H groups in total. The van der Waals surface area contributed by atoms with E-state index in [1.54, 1.807) is 4.68 Å². The zero-order chi connectivity index (χ0) is 11.1. The lowest BCUT2D eigenvalue weighted by molar-refractivity contribution is 0.270. The third-order valence-electron chi connectivity index (χ3n) is 3.27. The zero-order valence-electron chi connectivity index (χ0n) is 9.45. The van der Waals surface area contributed by atoms with Crippen LogP contribution in [0, 0.1) is 0 Å². The molecule has 0 saturated carbocycles. The van der Waals surface area contributed by atoms with Crippen LogP contribution >= 0.6 is 0 Å². The van der Waals surface area contributed by atoms with Crippen LogP contribution in [0.2, 0.25) is 0 Å². The Hall–Kier alpha value is -1.03. The van der Waals surface area contributed by atoms with Gasteiger partial charge in [0.15, 0.2) is 0 Å². The van der Waals surface area contributed by atoms with Crippen LogP contribution in [-0.4, -0.2) is 21.5 Å². The SMILES string of the molecule is CC1(C)CCCc2nn(CCO)c(N)c21. The minimum Gasteiger partial charge on any atom is -0.394 e. The number of nitrogen functional groups attached to an aromatic ring is 1. The summed E-state index contributed by atoms with van der Waals surface area (Å²) in [4.78, 5) is 0. The molecule has 1 aliphatic rings. The van der Waals surface area contributed by atoms with Crippen molar-refractivity contribution in [2.45, 2.75) is 45.1 Å². The Labute approximate surface area is 90.1 Å². The van der Waals surface area contributed by atoms with E-state index in [9.17, 15) is 0 Å². The highest BCUT2D eigenvalue weighted by Gasteiger charge is 2.33. The van der Waals surface area contributed by atoms with Crippen molar-refractivity contribution in [2.24, 2.45) is 0 Å². The number of hydrogen-bond donors (Lipinski definition) is 2. The standard InChI is InChI=1S/C11H19N3O/c1-11(2)5-3-4-8-9(11)10(12)14(13-8)6-7-15/h15H,3-7,12H2,1-2H3. The lowest BCUT2D eigenvalue weighted by atomic mass is 9.75. The molecule has 1 aliphatic carbocycles. The molecule has 0 aliphatic heterocycles. The van der Waals surface area contributed by atoms with Crippen molar-refractivity contribution in [1.82, 2.24) is 9.78 Å². The summed E-state index contributed by atoms with van der Waals surface area (Å²) in [6, 6.07) is 0. The number of aromatic nitrogens is 2. The number of anilines is 1. The van der Waals surface area contributed by atoms with E-state index in [-0.39, 0.29) is 12.0 Å². The molecule has 1 aromatic heterocycles. The van der Waals surface area contributed by atoms with E-state index < -0.39 is 0 Å². The van der Waals surface area contributed by atoms with Crippen LogP contribution in [0.5, 0.6) is 0 Å². The molecule has 4 heteroatoms. The van der Waals surface area contributed by atoms with Crippen molar-refractivity contribution < 1.29 is 5.11 Å². The van der Waals surface area contributed by atoms with Gasteiger partial charge in [0, 0.05) is 5.56 Å². The molecule has 0 saturated heterocycles. The Morgan fingerprint density at radius 2 is 2.27 bits per heavy atom. The summed E-state index contributed by atoms with van der Waals surface area (Å²) < 4.78 is 1.73. The maximum Gasteiger partial charge on any atom is 0.125 e. The summed E-state index contributed by atoms with van der Waals surface area (Å²) in [6.45, 7) is 5.01. The largest absolute Gasteiger partial charge is 0.394 e. The summed E-state index contributed by atoms with van der Waals surface area (Å²) in [5.74, 6) is 0.740. The first-order chi connectivity index (χ1) is 7.06. The number of hydrogen-bond acceptors (Lipinski definition) is 3. The van der Waals surface area contributed by atoms with Crippen molar-refractivity contribution in [3.8, 4) is 0 Å². The Balaban J connectivity index is 2.47. The van der Waals surface area contributed by atoms with E-state index in [1.807, 2.05) is 0 Å². The first-order valence-corrected chi connectivity index (χ1v) is 5.53. The van der Waals surface area contributed by atoms with Crippen molar-refractivity contribution in [3.05, 3.63) is 11.3 Å². The van der Waals surface area contributed by atoms with E-state index >= 15 is 0 Å². The predicted octanol–water partition coefficient (Wildman–Crippen LogP) is 1.07. The van der Waals surface area contributed by atoms with E-state index in [1.165, 1.54) is 12.0 Å². The van der Waals surface area contributed by atoms with Gasteiger partial charge in [0.05, 0.1) is 18.8 Å². The maximum absolute atomic E-state index is 8.92. The fourth-order valence-electron chi connectivity index (χ4n) is 2.53. The molecule has 0 fully saturated rings. The predicted molar refractivity (Wildman–Crippen MR) is 59.7 cm³/mol. The zero-order valence-corrected chi connectivity index (χ0v) is 9.45. The van der Waals surface area contributed by atoms with Gasteiger partial charge < -0.3 is 10.8 Å². The van der Waals surface area contributed by atoms with Crippen LogP contribution in [0.25, 0.3) is 0 Å². The third-order valence-corrected chi connectivity index (χ3v) is 3.27. The molecule has 0 bridgehead atoms. The van der Waals surface area contributed by atoms with Crippen LogP contribution in [0.4, 0.5) is 5.82 Å². The Kier molecular flexibility index (Phi) is 2.46. The number of nitrogens with zero attached hydrogens (tertiary/aromatic N) is 2. The van der Waals surface area contributed by atoms with Crippen molar-refractivity contribution in [3.63, 3.8) is 0 Å². The normalized spacial score (nSPS) is 18.9. The molecule has 1 heterocycles. The van der Waals surface area contributed by atoms with Crippen LogP contribution in [0.3, 0.4) is 0 Å². The lowest BCUT2D eigenvalue weighted by Gasteiger charge is -2.29. The van der Waals surface area contributed by atoms with Crippen LogP contribution in [0.1, 0.15) is 37.9 Å². The quantitative estimate of drug-likeness (QED) is 0.766. The summed E-state index contributed by atoms with van der Waals surface area (Å²) in [6.07, 6.45) is 3.35. The number of aliphatic hydroxyl groups excluding tert-OH is 1. The summed E-state index contributed by atoms with van der Waals surface area (Å²) in [5.41, 5.74) is 8.52. The van der Waals surface area contributed by atoms with Crippen molar-refractivity contribution in [1.29, 1.82) is 0 Å². The molecular formula is C11H19N3O. The third kappa shape index (κ3) is 1.63. The van der Waals surface area contributed by atoms with Gasteiger partial charge in [0.1, 0.15) is 5.82 Å². The molecule has 0 amide bonds. The smallest absolute Gasteiger partial charge is 0.125 e. The highest BCUT2D eigenvalue weighted by molar-refractivity contribution is 5.49. The number of nitrogens with two attached hydrogens (primary N) is 1. The molecule has 0 atom stereocenters. The van der Waals surface area contributed by atoms with Crippen molar-refractivity contribution >= 4 is 5.82 Å². The maximum atomic E-state index is 8.92. The molecule has 84 valence electrons. The molecule has 0 unspecified atom stereocenters. The van der Waals surface area contributed by atoms with Crippen LogP contribution in [0.15, 0.2) is 0 Å². The lowest BCUT2D eigenvalue weighted by Crippen LogP contribution is -2.24. The van der Waals surface area contributed by atoms with Gasteiger partial charge in [-0.2, -0.15) is 5.10 Å². The minimum atomic E-state index is 0.0885. The van der Waals surface area contributed by atoms with E-state index in [0.717, 1.165) is 24.4 Å². The number of fused-ring (bicyclic) bond motifs is 1. The van der Waals surface area contributed by atoms with Gasteiger partial charge in [0.25, 0.3) is 0 Å². The first kappa shape index (κ1) is 10.5. The molecule has 4 nitrogen and oxygen atoms in total. The Morgan fingerprint density at radius 1 is 1.53 bits per heavy atom. The Morgan fingerprint density at radius 3 is 2.87 bits per heavy atom. The van der Waals surface area contributed by atoms with Gasteiger partial charge in [-0.1, -0.05) is 13.8 Å². The molecule has 0 radical (unpaired) electrons. The Bertz CT molecular complexity index is 368. The second kappa shape index (κ2) is 3.52. The van der Waals surface area contributed by atoms with E-state index in [0.29, 0.717) is 6.54 Å². The van der Waals surface area contributed by atoms with E-state index in [4.69, 9.17) is 10.8 Å². The second-order valence-electron chi connectivity index (χ2n) is 4.89. The van der Waals surface area contributed by atoms with Crippen molar-refractivity contribution in [2.75, 3.05) is 12.3 Å². The minimum absolute atomic E-state index is 0.0885. The molecule has 2 rings (SSSR count). The van der Waals surface area contributed by atoms with Gasteiger partial charge in [-0.15, -0.1) is 0 Å². The van der Waals surface area contributed by atoms with Crippen LogP contribution < -0.4 is 5.73 Å². The fourth-order valence-corrected chi connectivity index (χ4v) is 2.53. The molecule has 0 spiro atoms. The van der Waals surface area contributed by atoms with Gasteiger partial charge >= 0.3 is 0 Å². The monoisotopic (exact) mass is 209 g/mol. The fraction of sp³-hybridized carbons (Fsp3) is 0.727. The number of aliphatic hydroxyl groups is 1. The number of aryl methyl sites for hydroxylation is 1. The topological polar surface area (TPSA) is 64.1 Å². The summed E-state index contributed by atoms with van der Waals surface area (Å²) in [7, 11) is 0.